The zero-order valence-corrected chi connectivity index (χ0v) is 21.7. The lowest BCUT2D eigenvalue weighted by Crippen LogP contribution is -2.41. The van der Waals surface area contributed by atoms with E-state index in [4.69, 9.17) is 14.2 Å². The minimum atomic E-state index is -0.0720. The molecule has 0 saturated heterocycles. The molecule has 0 radical (unpaired) electrons. The van der Waals surface area contributed by atoms with Gasteiger partial charge in [-0.15, -0.1) is 0 Å². The molecule has 0 bridgehead atoms. The van der Waals surface area contributed by atoms with Crippen LogP contribution in [0.4, 0.5) is 0 Å². The number of hydrogen-bond donors (Lipinski definition) is 0. The zero-order chi connectivity index (χ0) is 21.7. The van der Waals surface area contributed by atoms with Gasteiger partial charge in [0.2, 0.25) is 0 Å². The molecule has 0 aliphatic carbocycles. The van der Waals surface area contributed by atoms with Crippen molar-refractivity contribution in [2.24, 2.45) is 0 Å². The summed E-state index contributed by atoms with van der Waals surface area (Å²) in [5.41, 5.74) is 3.51. The summed E-state index contributed by atoms with van der Waals surface area (Å²) >= 11 is 4.84. The van der Waals surface area contributed by atoms with Crippen molar-refractivity contribution in [2.45, 2.75) is 36.0 Å². The van der Waals surface area contributed by atoms with E-state index in [1.165, 1.54) is 11.1 Å². The highest BCUT2D eigenvalue weighted by Crippen LogP contribution is 2.22. The number of alkyl halides is 2. The first-order valence-electron chi connectivity index (χ1n) is 10.4. The molecule has 5 heteroatoms. The normalized spacial score (nSPS) is 14.1. The van der Waals surface area contributed by atoms with Crippen LogP contribution in [0.5, 0.6) is 0 Å². The van der Waals surface area contributed by atoms with E-state index in [0.29, 0.717) is 26.4 Å². The molecule has 0 aromatic heterocycles. The van der Waals surface area contributed by atoms with Crippen molar-refractivity contribution in [3.63, 3.8) is 0 Å². The van der Waals surface area contributed by atoms with Gasteiger partial charge in [0.25, 0.3) is 0 Å². The molecule has 164 valence electrons. The molecule has 0 amide bonds. The molecule has 3 aromatic rings. The van der Waals surface area contributed by atoms with Crippen LogP contribution in [0.15, 0.2) is 91.0 Å². The van der Waals surface area contributed by atoms with Gasteiger partial charge < -0.3 is 14.2 Å². The molecule has 3 atom stereocenters. The van der Waals surface area contributed by atoms with Crippen LogP contribution in [-0.4, -0.2) is 27.2 Å². The molecule has 0 fully saturated rings. The van der Waals surface area contributed by atoms with Crippen LogP contribution >= 0.6 is 45.2 Å². The molecule has 31 heavy (non-hydrogen) atoms. The van der Waals surface area contributed by atoms with E-state index in [-0.39, 0.29) is 16.1 Å². The second-order valence-electron chi connectivity index (χ2n) is 7.27. The number of hydrogen-bond acceptors (Lipinski definition) is 3. The van der Waals surface area contributed by atoms with Gasteiger partial charge in [0.15, 0.2) is 0 Å². The summed E-state index contributed by atoms with van der Waals surface area (Å²) in [6.45, 7) is 2.35. The maximum absolute atomic E-state index is 6.42. The van der Waals surface area contributed by atoms with Crippen LogP contribution < -0.4 is 0 Å². The Morgan fingerprint density at radius 2 is 1.06 bits per heavy atom. The van der Waals surface area contributed by atoms with Crippen LogP contribution in [0, 0.1) is 0 Å². The first-order valence-corrected chi connectivity index (χ1v) is 13.2. The highest BCUT2D eigenvalue weighted by Gasteiger charge is 2.29. The maximum Gasteiger partial charge on any atom is 0.0988 e. The highest BCUT2D eigenvalue weighted by molar-refractivity contribution is 14.1. The Morgan fingerprint density at radius 1 is 0.613 bits per heavy atom. The van der Waals surface area contributed by atoms with Gasteiger partial charge in [-0.3, -0.25) is 0 Å². The van der Waals surface area contributed by atoms with Crippen molar-refractivity contribution in [1.82, 2.24) is 0 Å². The Bertz CT molecular complexity index is 846. The molecule has 0 aliphatic rings. The molecule has 0 N–H and O–H groups in total. The van der Waals surface area contributed by atoms with Gasteiger partial charge in [0.05, 0.1) is 42.6 Å². The van der Waals surface area contributed by atoms with Gasteiger partial charge in [0, 0.05) is 4.43 Å². The van der Waals surface area contributed by atoms with Crippen LogP contribution in [0.2, 0.25) is 0 Å². The van der Waals surface area contributed by atoms with Crippen LogP contribution in [0.3, 0.4) is 0 Å². The van der Waals surface area contributed by atoms with E-state index < -0.39 is 0 Å². The minimum Gasteiger partial charge on any atom is -0.376 e. The topological polar surface area (TPSA) is 27.7 Å². The molecule has 0 spiro atoms. The molecule has 0 heterocycles. The fraction of sp³-hybridized carbons (Fsp3) is 0.308. The molecular formula is C26H28I2O3. The van der Waals surface area contributed by atoms with Crippen LogP contribution in [0.1, 0.15) is 16.7 Å². The van der Waals surface area contributed by atoms with Gasteiger partial charge in [0.1, 0.15) is 0 Å². The Morgan fingerprint density at radius 3 is 1.55 bits per heavy atom. The summed E-state index contributed by atoms with van der Waals surface area (Å²) in [6.07, 6.45) is -0.0936. The SMILES string of the molecule is IC[C@H](OCc1ccccc1)[C@H](OCc1ccccc1)[C@@H](I)COCc1ccccc1. The van der Waals surface area contributed by atoms with Crippen molar-refractivity contribution in [1.29, 1.82) is 0 Å². The van der Waals surface area contributed by atoms with Gasteiger partial charge in [-0.05, 0) is 16.7 Å². The lowest BCUT2D eigenvalue weighted by molar-refractivity contribution is -0.0798. The average molecular weight is 642 g/mol. The van der Waals surface area contributed by atoms with E-state index in [1.807, 2.05) is 54.6 Å². The summed E-state index contributed by atoms with van der Waals surface area (Å²) in [4.78, 5) is 0. The molecule has 0 aliphatic heterocycles. The Hall–Kier alpha value is -1.00. The van der Waals surface area contributed by atoms with Crippen LogP contribution in [0.25, 0.3) is 0 Å². The monoisotopic (exact) mass is 642 g/mol. The predicted molar refractivity (Wildman–Crippen MR) is 143 cm³/mol. The van der Waals surface area contributed by atoms with Gasteiger partial charge in [-0.1, -0.05) is 136 Å². The van der Waals surface area contributed by atoms with Crippen molar-refractivity contribution in [3.05, 3.63) is 108 Å². The standard InChI is InChI=1S/C26H28I2O3/c27-16-25(30-18-22-12-6-2-7-13-22)26(31-19-23-14-8-3-9-15-23)24(28)20-29-17-21-10-4-1-5-11-21/h1-15,24-26H,16-20H2/t24-,25-,26+/m0/s1. The number of halogens is 2. The summed E-state index contributed by atoms with van der Waals surface area (Å²) in [5, 5.41) is 0. The van der Waals surface area contributed by atoms with E-state index in [9.17, 15) is 0 Å². The zero-order valence-electron chi connectivity index (χ0n) is 17.4. The number of benzene rings is 3. The molecule has 0 saturated carbocycles. The average Bonchev–Trinajstić information content (AvgIpc) is 2.83. The number of rotatable bonds is 13. The third kappa shape index (κ3) is 8.81. The third-order valence-corrected chi connectivity index (χ3v) is 6.79. The van der Waals surface area contributed by atoms with Crippen LogP contribution in [-0.2, 0) is 34.0 Å². The second kappa shape index (κ2) is 14.2. The predicted octanol–water partition coefficient (Wildman–Crippen LogP) is 6.61. The van der Waals surface area contributed by atoms with Crippen molar-refractivity contribution < 1.29 is 14.2 Å². The van der Waals surface area contributed by atoms with E-state index >= 15 is 0 Å². The summed E-state index contributed by atoms with van der Waals surface area (Å²) < 4.78 is 19.8. The lowest BCUT2D eigenvalue weighted by Gasteiger charge is -2.30. The first-order chi connectivity index (χ1) is 15.3. The molecule has 3 rings (SSSR count). The highest BCUT2D eigenvalue weighted by atomic mass is 127. The van der Waals surface area contributed by atoms with Crippen molar-refractivity contribution in [3.8, 4) is 0 Å². The first kappa shape index (κ1) is 24.6. The smallest absolute Gasteiger partial charge is 0.0988 e. The van der Waals surface area contributed by atoms with E-state index in [2.05, 4.69) is 81.6 Å². The van der Waals surface area contributed by atoms with E-state index in [0.717, 1.165) is 9.99 Å². The Balaban J connectivity index is 1.61. The molecule has 0 unspecified atom stereocenters. The number of ether oxygens (including phenoxy) is 3. The maximum atomic E-state index is 6.42. The molecule has 3 aromatic carbocycles. The Labute approximate surface area is 212 Å². The molecule has 3 nitrogen and oxygen atoms in total. The summed E-state index contributed by atoms with van der Waals surface area (Å²) in [5.74, 6) is 0. The quantitative estimate of drug-likeness (QED) is 0.155. The van der Waals surface area contributed by atoms with Gasteiger partial charge in [-0.2, -0.15) is 0 Å². The second-order valence-corrected chi connectivity index (χ2v) is 9.75. The summed E-state index contributed by atoms with van der Waals surface area (Å²) in [7, 11) is 0. The fourth-order valence-electron chi connectivity index (χ4n) is 3.17. The minimum absolute atomic E-state index is 0.0215. The third-order valence-electron chi connectivity index (χ3n) is 4.86. The summed E-state index contributed by atoms with van der Waals surface area (Å²) in [6, 6.07) is 30.8. The lowest BCUT2D eigenvalue weighted by atomic mass is 10.1. The van der Waals surface area contributed by atoms with Crippen molar-refractivity contribution >= 4 is 45.2 Å². The van der Waals surface area contributed by atoms with Gasteiger partial charge >= 0.3 is 0 Å². The van der Waals surface area contributed by atoms with Crippen molar-refractivity contribution in [2.75, 3.05) is 11.0 Å². The van der Waals surface area contributed by atoms with E-state index in [1.54, 1.807) is 0 Å². The largest absolute Gasteiger partial charge is 0.376 e. The molecular weight excluding hydrogens is 614 g/mol. The Kier molecular flexibility index (Phi) is 11.3. The fourth-order valence-corrected chi connectivity index (χ4v) is 4.85. The van der Waals surface area contributed by atoms with Gasteiger partial charge in [-0.25, -0.2) is 0 Å².